The van der Waals surface area contributed by atoms with Crippen LogP contribution in [0.4, 0.5) is 0 Å². The molecule has 1 aliphatic rings. The van der Waals surface area contributed by atoms with E-state index in [0.29, 0.717) is 0 Å². The molecule has 0 aromatic carbocycles. The molecule has 0 aromatic heterocycles. The van der Waals surface area contributed by atoms with Crippen molar-refractivity contribution in [3.05, 3.63) is 0 Å². The molecular weight excluding hydrogens is 184 g/mol. The van der Waals surface area contributed by atoms with Gasteiger partial charge < -0.3 is 4.90 Å². The van der Waals surface area contributed by atoms with Crippen LogP contribution in [0, 0.1) is 0 Å². The number of nitrogens with zero attached hydrogens (tertiary/aromatic N) is 1. The molecule has 2 atom stereocenters. The number of hydrogen-bond donors (Lipinski definition) is 0. The van der Waals surface area contributed by atoms with Gasteiger partial charge in [0.05, 0.1) is 0 Å². The van der Waals surface area contributed by atoms with Gasteiger partial charge in [0, 0.05) is 13.1 Å². The first-order chi connectivity index (χ1) is 5.52. The fraction of sp³-hybridized carbons (Fsp3) is 1.00. The molecular formula is C9H21NP2. The van der Waals surface area contributed by atoms with Crippen molar-refractivity contribution in [1.29, 1.82) is 0 Å². The molecule has 3 heteroatoms. The molecule has 12 heavy (non-hydrogen) atoms. The normalized spacial score (nSPS) is 32.2. The minimum Gasteiger partial charge on any atom is -0.305 e. The van der Waals surface area contributed by atoms with E-state index in [-0.39, 0.29) is 15.8 Å². The zero-order chi connectivity index (χ0) is 9.30. The highest BCUT2D eigenvalue weighted by Gasteiger charge is 2.34. The average molecular weight is 205 g/mol. The van der Waals surface area contributed by atoms with Crippen LogP contribution in [0.2, 0.25) is 0 Å². The van der Waals surface area contributed by atoms with Crippen molar-refractivity contribution < 1.29 is 0 Å². The monoisotopic (exact) mass is 205 g/mol. The summed E-state index contributed by atoms with van der Waals surface area (Å²) in [4.78, 5) is 2.51. The lowest BCUT2D eigenvalue weighted by molar-refractivity contribution is 0.419. The first-order valence-corrected chi connectivity index (χ1v) is 9.15. The third-order valence-corrected chi connectivity index (χ3v) is 6.70. The number of hydrogen-bond acceptors (Lipinski definition) is 1. The molecule has 0 N–H and O–H groups in total. The largest absolute Gasteiger partial charge is 0.305 e. The van der Waals surface area contributed by atoms with Gasteiger partial charge in [-0.25, -0.2) is 0 Å². The second kappa shape index (κ2) is 4.36. The zero-order valence-corrected chi connectivity index (χ0v) is 10.7. The van der Waals surface area contributed by atoms with Crippen LogP contribution in [0.1, 0.15) is 0 Å². The van der Waals surface area contributed by atoms with Crippen molar-refractivity contribution >= 4 is 15.8 Å². The maximum atomic E-state index is 2.51. The van der Waals surface area contributed by atoms with Crippen LogP contribution >= 0.6 is 15.8 Å². The van der Waals surface area contributed by atoms with Gasteiger partial charge in [-0.1, -0.05) is 0 Å². The second-order valence-electron chi connectivity index (χ2n) is 4.28. The molecule has 72 valence electrons. The maximum Gasteiger partial charge on any atom is 0.00527 e. The first kappa shape index (κ1) is 10.9. The Kier molecular flexibility index (Phi) is 3.96. The number of likely N-dealkylation sites (tertiary alicyclic amines) is 1. The summed E-state index contributed by atoms with van der Waals surface area (Å²) in [7, 11) is 2.82. The van der Waals surface area contributed by atoms with Crippen LogP contribution in [-0.2, 0) is 0 Å². The zero-order valence-electron chi connectivity index (χ0n) is 8.91. The highest BCUT2D eigenvalue weighted by Crippen LogP contribution is 2.49. The molecule has 0 saturated carbocycles. The summed E-state index contributed by atoms with van der Waals surface area (Å²) >= 11 is 0. The SMILES string of the molecule is CN1CC(P(C)C)[C@H](P(C)C)C1. The summed E-state index contributed by atoms with van der Waals surface area (Å²) in [6.07, 6.45) is 0. The standard InChI is InChI=1S/C9H21NP2/c1-10-6-8(11(2)3)9(7-10)12(4)5/h8-9H,6-7H2,1-5H3/t8-,9?/m1/s1. The summed E-state index contributed by atoms with van der Waals surface area (Å²) < 4.78 is 0. The lowest BCUT2D eigenvalue weighted by Crippen LogP contribution is -2.19. The van der Waals surface area contributed by atoms with E-state index in [0.717, 1.165) is 11.3 Å². The highest BCUT2D eigenvalue weighted by molar-refractivity contribution is 7.61. The Hall–Kier alpha value is 0.820. The highest BCUT2D eigenvalue weighted by atomic mass is 31.1. The molecule has 1 nitrogen and oxygen atoms in total. The van der Waals surface area contributed by atoms with Crippen LogP contribution in [0.5, 0.6) is 0 Å². The Morgan fingerprint density at radius 1 is 0.917 bits per heavy atom. The van der Waals surface area contributed by atoms with E-state index in [2.05, 4.69) is 38.6 Å². The van der Waals surface area contributed by atoms with E-state index in [1.165, 1.54) is 13.1 Å². The average Bonchev–Trinajstić information content (AvgIpc) is 2.31. The fourth-order valence-corrected chi connectivity index (χ4v) is 6.35. The molecule has 1 heterocycles. The lowest BCUT2D eigenvalue weighted by atomic mass is 10.4. The van der Waals surface area contributed by atoms with Crippen molar-refractivity contribution in [3.63, 3.8) is 0 Å². The van der Waals surface area contributed by atoms with Gasteiger partial charge in [-0.05, 0) is 45.0 Å². The van der Waals surface area contributed by atoms with E-state index in [1.54, 1.807) is 0 Å². The van der Waals surface area contributed by atoms with Crippen molar-refractivity contribution in [1.82, 2.24) is 4.90 Å². The van der Waals surface area contributed by atoms with Gasteiger partial charge in [0.2, 0.25) is 0 Å². The molecule has 0 aliphatic carbocycles. The van der Waals surface area contributed by atoms with E-state index in [4.69, 9.17) is 0 Å². The van der Waals surface area contributed by atoms with Crippen molar-refractivity contribution in [2.75, 3.05) is 46.8 Å². The summed E-state index contributed by atoms with van der Waals surface area (Å²) in [6, 6.07) is 0. The molecule has 1 fully saturated rings. The minimum absolute atomic E-state index is 0.275. The molecule has 1 unspecified atom stereocenters. The first-order valence-electron chi connectivity index (χ1n) is 4.53. The van der Waals surface area contributed by atoms with Crippen molar-refractivity contribution in [2.24, 2.45) is 0 Å². The van der Waals surface area contributed by atoms with Gasteiger partial charge in [0.1, 0.15) is 0 Å². The van der Waals surface area contributed by atoms with Gasteiger partial charge in [-0.3, -0.25) is 0 Å². The molecule has 0 bridgehead atoms. The van der Waals surface area contributed by atoms with Gasteiger partial charge in [0.15, 0.2) is 0 Å². The quantitative estimate of drug-likeness (QED) is 0.624. The van der Waals surface area contributed by atoms with Crippen LogP contribution in [0.25, 0.3) is 0 Å². The van der Waals surface area contributed by atoms with Gasteiger partial charge in [-0.2, -0.15) is 0 Å². The maximum absolute atomic E-state index is 2.51. The van der Waals surface area contributed by atoms with Crippen LogP contribution in [0.15, 0.2) is 0 Å². The van der Waals surface area contributed by atoms with Gasteiger partial charge >= 0.3 is 0 Å². The van der Waals surface area contributed by atoms with Crippen LogP contribution < -0.4 is 0 Å². The third-order valence-electron chi connectivity index (χ3n) is 2.77. The second-order valence-corrected chi connectivity index (χ2v) is 9.46. The summed E-state index contributed by atoms with van der Waals surface area (Å²) in [6.45, 7) is 12.4. The third kappa shape index (κ3) is 2.41. The summed E-state index contributed by atoms with van der Waals surface area (Å²) in [5.74, 6) is 0. The minimum atomic E-state index is 0.275. The Labute approximate surface area is 79.4 Å². The Morgan fingerprint density at radius 2 is 1.25 bits per heavy atom. The van der Waals surface area contributed by atoms with Gasteiger partial charge in [-0.15, -0.1) is 15.8 Å². The van der Waals surface area contributed by atoms with E-state index < -0.39 is 0 Å². The predicted octanol–water partition coefficient (Wildman–Crippen LogP) is 2.15. The van der Waals surface area contributed by atoms with Crippen molar-refractivity contribution in [3.8, 4) is 0 Å². The Morgan fingerprint density at radius 3 is 1.50 bits per heavy atom. The molecule has 0 amide bonds. The molecule has 0 radical (unpaired) electrons. The summed E-state index contributed by atoms with van der Waals surface area (Å²) in [5, 5.41) is 0. The predicted molar refractivity (Wildman–Crippen MR) is 62.6 cm³/mol. The Balaban J connectivity index is 2.59. The topological polar surface area (TPSA) is 3.24 Å². The van der Waals surface area contributed by atoms with Crippen LogP contribution in [-0.4, -0.2) is 63.0 Å². The molecule has 0 aromatic rings. The molecule has 1 aliphatic heterocycles. The molecule has 0 spiro atoms. The smallest absolute Gasteiger partial charge is 0.00527 e. The lowest BCUT2D eigenvalue weighted by Gasteiger charge is -2.25. The Bertz CT molecular complexity index is 131. The molecule has 1 saturated heterocycles. The summed E-state index contributed by atoms with van der Waals surface area (Å²) in [5.41, 5.74) is 2.04. The van der Waals surface area contributed by atoms with E-state index in [9.17, 15) is 0 Å². The fourth-order valence-electron chi connectivity index (χ4n) is 1.97. The van der Waals surface area contributed by atoms with Crippen LogP contribution in [0.3, 0.4) is 0 Å². The van der Waals surface area contributed by atoms with Gasteiger partial charge in [0.25, 0.3) is 0 Å². The van der Waals surface area contributed by atoms with E-state index >= 15 is 0 Å². The van der Waals surface area contributed by atoms with E-state index in [1.807, 2.05) is 0 Å². The molecule has 1 rings (SSSR count). The number of rotatable bonds is 2. The van der Waals surface area contributed by atoms with Crippen molar-refractivity contribution in [2.45, 2.75) is 11.3 Å².